The number of benzene rings is 9. The van der Waals surface area contributed by atoms with Crippen molar-refractivity contribution in [3.05, 3.63) is 236 Å². The quantitative estimate of drug-likeness (QED) is 0.156. The molecule has 0 fully saturated rings. The SMILES string of the molecule is CC(C)(C)c1cc(-c2cccc3c4ccccc4c4ccccc4c4cccc5c4n(c23)[CH-]N5c2[c-]c(Oc3[c-]c4c(cc3)c3c(-c5ccccc5)cccc3n4-c3cc(C(C)(C)C)ccn3)ccc2)cc(C(C)(C)C)c1.[Pt]. The Hall–Kier alpha value is -8.11. The summed E-state index contributed by atoms with van der Waals surface area (Å²) in [5.41, 5.74) is 14.4. The van der Waals surface area contributed by atoms with Gasteiger partial charge < -0.3 is 18.8 Å². The summed E-state index contributed by atoms with van der Waals surface area (Å²) >= 11 is 0. The molecule has 0 saturated heterocycles. The Morgan fingerprint density at radius 2 is 1.01 bits per heavy atom. The van der Waals surface area contributed by atoms with E-state index in [1.54, 1.807) is 0 Å². The van der Waals surface area contributed by atoms with Gasteiger partial charge in [0.1, 0.15) is 5.82 Å². The smallest absolute Gasteiger partial charge is 0.135 e. The first kappa shape index (κ1) is 50.7. The number of ether oxygens (including phenoxy) is 1. The first-order chi connectivity index (χ1) is 37.1. The van der Waals surface area contributed by atoms with E-state index in [-0.39, 0.29) is 37.3 Å². The van der Waals surface area contributed by atoms with E-state index < -0.39 is 0 Å². The van der Waals surface area contributed by atoms with Gasteiger partial charge in [-0.05, 0) is 135 Å². The van der Waals surface area contributed by atoms with Crippen LogP contribution in [0.25, 0.3) is 93.2 Å². The fraction of sp³-hybridized carbons (Fsp3) is 0.167. The van der Waals surface area contributed by atoms with Gasteiger partial charge in [0.2, 0.25) is 0 Å². The number of fused-ring (bicyclic) bond motifs is 10. The maximum Gasteiger partial charge on any atom is 0.135 e. The fourth-order valence-corrected chi connectivity index (χ4v) is 11.5. The van der Waals surface area contributed by atoms with E-state index in [9.17, 15) is 0 Å². The largest absolute Gasteiger partial charge is 0.509 e. The van der Waals surface area contributed by atoms with Gasteiger partial charge in [0.15, 0.2) is 0 Å². The van der Waals surface area contributed by atoms with Crippen LogP contribution < -0.4 is 9.64 Å². The van der Waals surface area contributed by atoms with Gasteiger partial charge in [-0.25, -0.2) is 4.98 Å². The van der Waals surface area contributed by atoms with Gasteiger partial charge in [-0.2, -0.15) is 12.1 Å². The van der Waals surface area contributed by atoms with E-state index in [4.69, 9.17) is 9.72 Å². The number of nitrogens with zero attached hydrogens (tertiary/aromatic N) is 4. The van der Waals surface area contributed by atoms with Crippen LogP contribution >= 0.6 is 0 Å². The standard InChI is InChI=1S/C72H61N4O.Pt/c1-70(2,3)48-37-38-73-66(42-48)76-63-33-19-29-54(46-21-11-10-12-22-46)67(63)62-36-35-53(44-65(62)76)77-52-24-17-23-51(43-52)74-45-75-68-55(47-39-49(71(4,5)6)41-50(40-47)72(7,8)9)30-18-31-60(68)58-27-15-13-25-56(58)57-26-14-16-28-59(57)61-32-20-34-64(74)69(61)75;/h10-42,45H,1-9H3;/q-3;. The Bertz CT molecular complexity index is 4380. The molecule has 6 heteroatoms. The Labute approximate surface area is 472 Å². The van der Waals surface area contributed by atoms with Crippen LogP contribution in [-0.2, 0) is 37.3 Å². The predicted octanol–water partition coefficient (Wildman–Crippen LogP) is 19.5. The van der Waals surface area contributed by atoms with Crippen LogP contribution in [0.2, 0.25) is 0 Å². The van der Waals surface area contributed by atoms with Crippen molar-refractivity contribution in [3.63, 3.8) is 0 Å². The molecule has 0 amide bonds. The Morgan fingerprint density at radius 1 is 0.449 bits per heavy atom. The molecule has 0 saturated carbocycles. The summed E-state index contributed by atoms with van der Waals surface area (Å²) in [6, 6.07) is 77.9. The summed E-state index contributed by atoms with van der Waals surface area (Å²) in [5, 5.41) is 9.29. The van der Waals surface area contributed by atoms with E-state index >= 15 is 0 Å². The molecule has 0 spiro atoms. The number of aromatic nitrogens is 3. The van der Waals surface area contributed by atoms with Crippen LogP contribution in [0.5, 0.6) is 11.5 Å². The summed E-state index contributed by atoms with van der Waals surface area (Å²) in [4.78, 5) is 7.27. The van der Waals surface area contributed by atoms with Gasteiger partial charge in [-0.1, -0.05) is 213 Å². The molecule has 388 valence electrons. The van der Waals surface area contributed by atoms with Crippen LogP contribution in [-0.4, -0.2) is 14.1 Å². The Kier molecular flexibility index (Phi) is 12.4. The maximum absolute atomic E-state index is 6.90. The third kappa shape index (κ3) is 8.70. The van der Waals surface area contributed by atoms with Crippen molar-refractivity contribution in [2.45, 2.75) is 78.6 Å². The van der Waals surface area contributed by atoms with E-state index in [0.717, 1.165) is 71.9 Å². The molecule has 5 nitrogen and oxygen atoms in total. The summed E-state index contributed by atoms with van der Waals surface area (Å²) in [6.45, 7) is 22.9. The van der Waals surface area contributed by atoms with Crippen LogP contribution in [0.3, 0.4) is 0 Å². The van der Waals surface area contributed by atoms with E-state index in [1.165, 1.54) is 49.4 Å². The second kappa shape index (κ2) is 19.1. The third-order valence-electron chi connectivity index (χ3n) is 15.6. The van der Waals surface area contributed by atoms with E-state index in [1.807, 2.05) is 18.3 Å². The van der Waals surface area contributed by atoms with Crippen molar-refractivity contribution in [3.8, 4) is 39.6 Å². The summed E-state index contributed by atoms with van der Waals surface area (Å²) in [6.07, 6.45) is 1.92. The minimum atomic E-state index is -0.0678. The summed E-state index contributed by atoms with van der Waals surface area (Å²) < 4.78 is 11.6. The zero-order valence-electron chi connectivity index (χ0n) is 45.6. The first-order valence-electron chi connectivity index (χ1n) is 26.9. The van der Waals surface area contributed by atoms with Gasteiger partial charge in [-0.15, -0.1) is 35.7 Å². The van der Waals surface area contributed by atoms with Gasteiger partial charge in [0.25, 0.3) is 0 Å². The van der Waals surface area contributed by atoms with Gasteiger partial charge in [-0.3, -0.25) is 0 Å². The molecule has 0 bridgehead atoms. The van der Waals surface area contributed by atoms with Crippen LogP contribution in [0.4, 0.5) is 11.4 Å². The molecule has 78 heavy (non-hydrogen) atoms. The van der Waals surface area contributed by atoms with Crippen LogP contribution in [0, 0.1) is 18.8 Å². The molecular formula is C72H61N4OPt-3. The molecule has 0 aliphatic carbocycles. The second-order valence-corrected chi connectivity index (χ2v) is 23.8. The molecule has 1 aliphatic heterocycles. The second-order valence-electron chi connectivity index (χ2n) is 23.8. The Morgan fingerprint density at radius 3 is 1.68 bits per heavy atom. The maximum atomic E-state index is 6.90. The number of hydrogen-bond donors (Lipinski definition) is 0. The van der Waals surface area contributed by atoms with Crippen molar-refractivity contribution in [2.24, 2.45) is 0 Å². The van der Waals surface area contributed by atoms with E-state index in [0.29, 0.717) is 11.5 Å². The molecule has 0 atom stereocenters. The predicted molar refractivity (Wildman–Crippen MR) is 324 cm³/mol. The average molecular weight is 1190 g/mol. The molecule has 0 unspecified atom stereocenters. The topological polar surface area (TPSA) is 35.2 Å². The minimum absolute atomic E-state index is 0. The van der Waals surface area contributed by atoms with Gasteiger partial charge in [0.05, 0.1) is 0 Å². The summed E-state index contributed by atoms with van der Waals surface area (Å²) in [5.74, 6) is 2.00. The van der Waals surface area contributed by atoms with Crippen molar-refractivity contribution in [1.29, 1.82) is 0 Å². The molecule has 3 aromatic heterocycles. The van der Waals surface area contributed by atoms with E-state index in [2.05, 4.69) is 277 Å². The number of hydrogen-bond acceptors (Lipinski definition) is 3. The number of anilines is 2. The van der Waals surface area contributed by atoms with Crippen LogP contribution in [0.1, 0.15) is 79.0 Å². The Balaban J connectivity index is 0.00000609. The van der Waals surface area contributed by atoms with Crippen molar-refractivity contribution in [1.82, 2.24) is 14.1 Å². The normalized spacial score (nSPS) is 12.7. The van der Waals surface area contributed by atoms with Crippen molar-refractivity contribution in [2.75, 3.05) is 4.90 Å². The summed E-state index contributed by atoms with van der Waals surface area (Å²) in [7, 11) is 0. The molecule has 1 aliphatic rings. The molecule has 12 aromatic rings. The number of rotatable bonds is 6. The van der Waals surface area contributed by atoms with Crippen LogP contribution in [0.15, 0.2) is 200 Å². The van der Waals surface area contributed by atoms with Crippen molar-refractivity contribution < 1.29 is 25.8 Å². The molecule has 0 N–H and O–H groups in total. The zero-order valence-corrected chi connectivity index (χ0v) is 47.9. The first-order valence-corrected chi connectivity index (χ1v) is 26.9. The van der Waals surface area contributed by atoms with Crippen molar-refractivity contribution >= 4 is 76.5 Å². The average Bonchev–Trinajstić information content (AvgIpc) is 4.20. The van der Waals surface area contributed by atoms with Gasteiger partial charge in [0, 0.05) is 50.0 Å². The fourth-order valence-electron chi connectivity index (χ4n) is 11.5. The third-order valence-corrected chi connectivity index (χ3v) is 15.6. The zero-order chi connectivity index (χ0) is 53.0. The molecule has 13 rings (SSSR count). The molecular weight excluding hydrogens is 1130 g/mol. The molecule has 9 aromatic carbocycles. The number of pyridine rings is 1. The molecule has 4 heterocycles. The minimum Gasteiger partial charge on any atom is -0.509 e. The van der Waals surface area contributed by atoms with Gasteiger partial charge >= 0.3 is 0 Å². The number of para-hydroxylation sites is 2. The molecule has 0 radical (unpaired) electrons. The monoisotopic (exact) mass is 1190 g/mol.